The lowest BCUT2D eigenvalue weighted by Crippen LogP contribution is -2.44. The molecular formula is C32H33N3O4S. The molecule has 1 heterocycles. The van der Waals surface area contributed by atoms with Gasteiger partial charge in [-0.3, -0.25) is 14.5 Å². The maximum absolute atomic E-state index is 13.8. The number of para-hydroxylation sites is 2. The molecule has 1 aliphatic heterocycles. The van der Waals surface area contributed by atoms with E-state index in [0.717, 1.165) is 35.7 Å². The van der Waals surface area contributed by atoms with E-state index in [1.807, 2.05) is 83.8 Å². The summed E-state index contributed by atoms with van der Waals surface area (Å²) in [6.45, 7) is 2.07. The Labute approximate surface area is 239 Å². The molecule has 3 aromatic rings. The van der Waals surface area contributed by atoms with Gasteiger partial charge in [-0.15, -0.1) is 0 Å². The van der Waals surface area contributed by atoms with Crippen LogP contribution in [0.15, 0.2) is 88.8 Å². The zero-order chi connectivity index (χ0) is 27.9. The fourth-order valence-corrected chi connectivity index (χ4v) is 6.10. The van der Waals surface area contributed by atoms with Gasteiger partial charge in [-0.1, -0.05) is 62.2 Å². The Morgan fingerprint density at radius 3 is 2.48 bits per heavy atom. The maximum atomic E-state index is 13.8. The van der Waals surface area contributed by atoms with Gasteiger partial charge in [-0.2, -0.15) is 0 Å². The monoisotopic (exact) mass is 555 g/mol. The van der Waals surface area contributed by atoms with Crippen molar-refractivity contribution < 1.29 is 19.1 Å². The van der Waals surface area contributed by atoms with Gasteiger partial charge in [0, 0.05) is 11.7 Å². The van der Waals surface area contributed by atoms with Crippen LogP contribution in [-0.4, -0.2) is 41.6 Å². The lowest BCUT2D eigenvalue weighted by molar-refractivity contribution is -0.125. The smallest absolute Gasteiger partial charge is 0.267 e. The number of amidine groups is 1. The number of hydrogen-bond donors (Lipinski definition) is 1. The molecule has 0 bridgehead atoms. The molecule has 0 spiro atoms. The molecular weight excluding hydrogens is 522 g/mol. The van der Waals surface area contributed by atoms with Gasteiger partial charge in [0.25, 0.3) is 11.8 Å². The number of nitrogens with one attached hydrogen (secondary N) is 1. The van der Waals surface area contributed by atoms with Crippen LogP contribution in [0, 0.1) is 5.92 Å². The minimum atomic E-state index is -0.269. The van der Waals surface area contributed by atoms with Crippen molar-refractivity contribution in [2.24, 2.45) is 10.9 Å². The molecule has 2 amide bonds. The summed E-state index contributed by atoms with van der Waals surface area (Å²) in [4.78, 5) is 33.5. The molecule has 2 fully saturated rings. The predicted molar refractivity (Wildman–Crippen MR) is 161 cm³/mol. The highest BCUT2D eigenvalue weighted by molar-refractivity contribution is 8.18. The van der Waals surface area contributed by atoms with Crippen molar-refractivity contribution in [3.8, 4) is 11.5 Å². The van der Waals surface area contributed by atoms with E-state index in [0.29, 0.717) is 28.0 Å². The first-order chi connectivity index (χ1) is 19.5. The Hall–Kier alpha value is -4.04. The highest BCUT2D eigenvalue weighted by Crippen LogP contribution is 2.40. The summed E-state index contributed by atoms with van der Waals surface area (Å²) >= 11 is 1.41. The number of anilines is 1. The molecule has 1 saturated carbocycles. The quantitative estimate of drug-likeness (QED) is 0.306. The Morgan fingerprint density at radius 2 is 1.75 bits per heavy atom. The minimum Gasteiger partial charge on any atom is -0.493 e. The van der Waals surface area contributed by atoms with Crippen molar-refractivity contribution in [3.63, 3.8) is 0 Å². The molecule has 1 aliphatic carbocycles. The standard InChI is InChI=1S/C32H33N3O4S/c1-22-11-9-10-16-26(22)35-31(37)29(40-32(35)34-25-14-7-4-8-15-25)20-23-17-18-27(28(19-23)38-2)39-21-30(36)33-24-12-5-3-6-13-24/h3-8,12-15,17-20,22,26H,9-11,16,21H2,1-2H3,(H,33,36)/b29-20-,34-32?/t22-,26+/m0/s1. The summed E-state index contributed by atoms with van der Waals surface area (Å²) < 4.78 is 11.3. The zero-order valence-corrected chi connectivity index (χ0v) is 23.5. The Kier molecular flexibility index (Phi) is 8.86. The summed E-state index contributed by atoms with van der Waals surface area (Å²) in [5, 5.41) is 3.52. The van der Waals surface area contributed by atoms with Crippen LogP contribution >= 0.6 is 11.8 Å². The van der Waals surface area contributed by atoms with Crippen molar-refractivity contribution in [1.29, 1.82) is 0 Å². The number of nitrogens with zero attached hydrogens (tertiary/aromatic N) is 2. The van der Waals surface area contributed by atoms with Gasteiger partial charge in [0.2, 0.25) is 0 Å². The molecule has 0 radical (unpaired) electrons. The SMILES string of the molecule is COc1cc(/C=C2\SC(=Nc3ccccc3)N([C@@H]3CCCC[C@@H]3C)C2=O)ccc1OCC(=O)Nc1ccccc1. The van der Waals surface area contributed by atoms with Crippen LogP contribution in [0.3, 0.4) is 0 Å². The van der Waals surface area contributed by atoms with Crippen molar-refractivity contribution in [1.82, 2.24) is 4.90 Å². The lowest BCUT2D eigenvalue weighted by atomic mass is 9.85. The van der Waals surface area contributed by atoms with Crippen LogP contribution in [0.5, 0.6) is 11.5 Å². The Bertz CT molecular complexity index is 1410. The van der Waals surface area contributed by atoms with E-state index in [9.17, 15) is 9.59 Å². The molecule has 2 aliphatic rings. The van der Waals surface area contributed by atoms with E-state index in [2.05, 4.69) is 12.2 Å². The van der Waals surface area contributed by atoms with Gasteiger partial charge in [0.1, 0.15) is 0 Å². The third-order valence-electron chi connectivity index (χ3n) is 7.12. The topological polar surface area (TPSA) is 80.2 Å². The van der Waals surface area contributed by atoms with E-state index >= 15 is 0 Å². The number of methoxy groups -OCH3 is 1. The normalized spacial score (nSPS) is 21.1. The first-order valence-electron chi connectivity index (χ1n) is 13.5. The van der Waals surface area contributed by atoms with Crippen molar-refractivity contribution in [2.75, 3.05) is 19.0 Å². The van der Waals surface area contributed by atoms with E-state index in [1.165, 1.54) is 18.2 Å². The second-order valence-corrected chi connectivity index (χ2v) is 11.0. The average molecular weight is 556 g/mol. The number of carbonyl (C=O) groups is 2. The van der Waals surface area contributed by atoms with Crippen molar-refractivity contribution >= 4 is 46.2 Å². The molecule has 0 unspecified atom stereocenters. The summed E-state index contributed by atoms with van der Waals surface area (Å²) in [5.74, 6) is 1.05. The number of carbonyl (C=O) groups excluding carboxylic acids is 2. The van der Waals surface area contributed by atoms with Gasteiger partial charge in [0.15, 0.2) is 23.3 Å². The maximum Gasteiger partial charge on any atom is 0.267 e. The highest BCUT2D eigenvalue weighted by Gasteiger charge is 2.41. The molecule has 1 saturated heterocycles. The van der Waals surface area contributed by atoms with E-state index in [1.54, 1.807) is 13.2 Å². The van der Waals surface area contributed by atoms with Crippen LogP contribution in [0.4, 0.5) is 11.4 Å². The molecule has 206 valence electrons. The van der Waals surface area contributed by atoms with Crippen molar-refractivity contribution in [3.05, 3.63) is 89.3 Å². The summed E-state index contributed by atoms with van der Waals surface area (Å²) in [6, 6.07) is 24.5. The van der Waals surface area contributed by atoms with Gasteiger partial charge < -0.3 is 14.8 Å². The van der Waals surface area contributed by atoms with Crippen LogP contribution in [0.1, 0.15) is 38.2 Å². The van der Waals surface area contributed by atoms with E-state index in [4.69, 9.17) is 14.5 Å². The average Bonchev–Trinajstić information content (AvgIpc) is 3.27. The van der Waals surface area contributed by atoms with Crippen LogP contribution in [-0.2, 0) is 9.59 Å². The number of aliphatic imine (C=N–C) groups is 1. The fraction of sp³-hybridized carbons (Fsp3) is 0.281. The Balaban J connectivity index is 1.35. The molecule has 1 N–H and O–H groups in total. The fourth-order valence-electron chi connectivity index (χ4n) is 5.06. The minimum absolute atomic E-state index is 0.0182. The lowest BCUT2D eigenvalue weighted by Gasteiger charge is -2.35. The molecule has 2 atom stereocenters. The third kappa shape index (κ3) is 6.57. The number of ether oxygens (including phenoxy) is 2. The molecule has 3 aromatic carbocycles. The van der Waals surface area contributed by atoms with Gasteiger partial charge in [0.05, 0.1) is 17.7 Å². The van der Waals surface area contributed by atoms with E-state index < -0.39 is 0 Å². The molecule has 0 aromatic heterocycles. The highest BCUT2D eigenvalue weighted by atomic mass is 32.2. The second-order valence-electron chi connectivity index (χ2n) is 9.96. The largest absolute Gasteiger partial charge is 0.493 e. The van der Waals surface area contributed by atoms with Gasteiger partial charge in [-0.25, -0.2) is 4.99 Å². The molecule has 8 heteroatoms. The first-order valence-corrected chi connectivity index (χ1v) is 14.4. The van der Waals surface area contributed by atoms with E-state index in [-0.39, 0.29) is 24.5 Å². The summed E-state index contributed by atoms with van der Waals surface area (Å²) in [5.41, 5.74) is 2.33. The zero-order valence-electron chi connectivity index (χ0n) is 22.7. The summed E-state index contributed by atoms with van der Waals surface area (Å²) in [6.07, 6.45) is 6.27. The molecule has 40 heavy (non-hydrogen) atoms. The van der Waals surface area contributed by atoms with Crippen molar-refractivity contribution in [2.45, 2.75) is 38.6 Å². The predicted octanol–water partition coefficient (Wildman–Crippen LogP) is 6.90. The number of thioether (sulfide) groups is 1. The van der Waals surface area contributed by atoms with Gasteiger partial charge >= 0.3 is 0 Å². The second kappa shape index (κ2) is 12.9. The van der Waals surface area contributed by atoms with Crippen LogP contribution < -0.4 is 14.8 Å². The summed E-state index contributed by atoms with van der Waals surface area (Å²) in [7, 11) is 1.55. The third-order valence-corrected chi connectivity index (χ3v) is 8.10. The Morgan fingerprint density at radius 1 is 1.02 bits per heavy atom. The molecule has 7 nitrogen and oxygen atoms in total. The number of amides is 2. The number of rotatable bonds is 8. The first kappa shape index (κ1) is 27.5. The number of hydrogen-bond acceptors (Lipinski definition) is 6. The van der Waals surface area contributed by atoms with Crippen LogP contribution in [0.25, 0.3) is 6.08 Å². The van der Waals surface area contributed by atoms with Gasteiger partial charge in [-0.05, 0) is 78.6 Å². The number of benzene rings is 3. The van der Waals surface area contributed by atoms with Crippen LogP contribution in [0.2, 0.25) is 0 Å². The molecule has 5 rings (SSSR count).